The van der Waals surface area contributed by atoms with Gasteiger partial charge in [-0.05, 0) is 29.3 Å². The van der Waals surface area contributed by atoms with Crippen molar-refractivity contribution in [1.29, 1.82) is 0 Å². The quantitative estimate of drug-likeness (QED) is 0.324. The van der Waals surface area contributed by atoms with Crippen LogP contribution in [0.1, 0.15) is 36.7 Å². The molecule has 4 rings (SSSR count). The number of nitrogens with zero attached hydrogens (tertiary/aromatic N) is 3. The van der Waals surface area contributed by atoms with Crippen LogP contribution in [-0.4, -0.2) is 37.9 Å². The smallest absolute Gasteiger partial charge is 0.130 e. The summed E-state index contributed by atoms with van der Waals surface area (Å²) in [5.41, 5.74) is 4.35. The fourth-order valence-electron chi connectivity index (χ4n) is 3.72. The molecule has 0 fully saturated rings. The molecule has 6 nitrogen and oxygen atoms in total. The Hall–Kier alpha value is -3.13. The Kier molecular flexibility index (Phi) is 7.36. The summed E-state index contributed by atoms with van der Waals surface area (Å²) < 4.78 is 14.5. The van der Waals surface area contributed by atoms with Crippen LogP contribution >= 0.6 is 11.6 Å². The zero-order chi connectivity index (χ0) is 24.2. The van der Waals surface area contributed by atoms with Crippen LogP contribution in [0, 0.1) is 5.82 Å². The molecule has 0 amide bonds. The van der Waals surface area contributed by atoms with E-state index in [0.717, 1.165) is 33.4 Å². The van der Waals surface area contributed by atoms with Gasteiger partial charge in [-0.1, -0.05) is 43.6 Å². The maximum absolute atomic E-state index is 14.5. The third-order valence-corrected chi connectivity index (χ3v) is 5.88. The molecule has 0 aliphatic rings. The molecule has 0 radical (unpaired) electrons. The highest BCUT2D eigenvalue weighted by Gasteiger charge is 2.13. The number of aliphatic hydroxyl groups is 2. The summed E-state index contributed by atoms with van der Waals surface area (Å²) in [5, 5.41) is 23.3. The van der Waals surface area contributed by atoms with E-state index in [0.29, 0.717) is 16.3 Å². The molecule has 2 aromatic heterocycles. The maximum atomic E-state index is 14.5. The fraction of sp³-hybridized carbons (Fsp3) is 0.269. The van der Waals surface area contributed by atoms with Crippen LogP contribution in [-0.2, 0) is 13.0 Å². The summed E-state index contributed by atoms with van der Waals surface area (Å²) >= 11 is 6.48. The Balaban J connectivity index is 1.64. The normalized spacial score (nSPS) is 12.3. The second-order valence-corrected chi connectivity index (χ2v) is 8.92. The van der Waals surface area contributed by atoms with Crippen LogP contribution in [0.3, 0.4) is 0 Å². The molecule has 3 N–H and O–H groups in total. The summed E-state index contributed by atoms with van der Waals surface area (Å²) in [6, 6.07) is 10.5. The zero-order valence-corrected chi connectivity index (χ0v) is 19.7. The van der Waals surface area contributed by atoms with Gasteiger partial charge < -0.3 is 15.5 Å². The minimum Gasteiger partial charge on any atom is -0.394 e. The Morgan fingerprint density at radius 1 is 1.00 bits per heavy atom. The van der Waals surface area contributed by atoms with E-state index in [1.165, 1.54) is 6.07 Å². The number of anilines is 1. The van der Waals surface area contributed by atoms with Crippen molar-refractivity contribution in [1.82, 2.24) is 15.0 Å². The molecule has 0 aliphatic heterocycles. The first-order valence-corrected chi connectivity index (χ1v) is 11.4. The summed E-state index contributed by atoms with van der Waals surface area (Å²) in [5.74, 6) is 0.662. The average molecular weight is 481 g/mol. The molecule has 0 bridgehead atoms. The van der Waals surface area contributed by atoms with Crippen LogP contribution in [0.15, 0.2) is 55.0 Å². The van der Waals surface area contributed by atoms with Crippen molar-refractivity contribution in [2.75, 3.05) is 11.9 Å². The molecule has 1 atom stereocenters. The Bertz CT molecular complexity index is 1300. The number of rotatable bonds is 8. The van der Waals surface area contributed by atoms with Gasteiger partial charge in [0.1, 0.15) is 11.6 Å². The van der Waals surface area contributed by atoms with Crippen LogP contribution < -0.4 is 5.32 Å². The van der Waals surface area contributed by atoms with E-state index < -0.39 is 6.10 Å². The lowest BCUT2D eigenvalue weighted by Crippen LogP contribution is -2.15. The van der Waals surface area contributed by atoms with Gasteiger partial charge in [0, 0.05) is 54.0 Å². The molecule has 0 aliphatic carbocycles. The number of fused-ring (bicyclic) bond motifs is 1. The van der Waals surface area contributed by atoms with Crippen molar-refractivity contribution >= 4 is 28.2 Å². The monoisotopic (exact) mass is 480 g/mol. The Morgan fingerprint density at radius 3 is 2.47 bits per heavy atom. The zero-order valence-electron chi connectivity index (χ0n) is 19.0. The number of benzene rings is 2. The molecule has 4 aromatic rings. The summed E-state index contributed by atoms with van der Waals surface area (Å²) in [6.07, 6.45) is 4.52. The van der Waals surface area contributed by atoms with Crippen molar-refractivity contribution in [3.8, 4) is 11.1 Å². The minimum atomic E-state index is -0.887. The molecule has 0 saturated carbocycles. The Labute approximate surface area is 202 Å². The number of hydrogen-bond acceptors (Lipinski definition) is 6. The first-order chi connectivity index (χ1) is 16.4. The van der Waals surface area contributed by atoms with Gasteiger partial charge in [-0.3, -0.25) is 4.98 Å². The Morgan fingerprint density at radius 2 is 1.76 bits per heavy atom. The lowest BCUT2D eigenvalue weighted by molar-refractivity contribution is 0.0955. The standard InChI is InChI=1S/C26H26ClFN4O2/c1-15(2)26-31-11-19(12-32-26)17-4-6-24-21(9-17)25(22(27)13-29-24)30-10-18-7-16(3-5-23(18)28)8-20(34)14-33/h3-7,9,11-13,15,20,33-34H,8,10,14H2,1-2H3,(H,29,30). The predicted octanol–water partition coefficient (Wildman–Crippen LogP) is 5.12. The van der Waals surface area contributed by atoms with E-state index in [-0.39, 0.29) is 31.3 Å². The third-order valence-electron chi connectivity index (χ3n) is 5.59. The number of aromatic nitrogens is 3. The van der Waals surface area contributed by atoms with E-state index in [9.17, 15) is 9.50 Å². The van der Waals surface area contributed by atoms with Gasteiger partial charge in [0.15, 0.2) is 0 Å². The lowest BCUT2D eigenvalue weighted by Gasteiger charge is -2.14. The van der Waals surface area contributed by atoms with Crippen LogP contribution in [0.5, 0.6) is 0 Å². The molecule has 2 aromatic carbocycles. The second-order valence-electron chi connectivity index (χ2n) is 8.52. The van der Waals surface area contributed by atoms with Crippen molar-refractivity contribution in [2.24, 2.45) is 0 Å². The fourth-order valence-corrected chi connectivity index (χ4v) is 3.94. The number of halogens is 2. The van der Waals surface area contributed by atoms with E-state index in [4.69, 9.17) is 16.7 Å². The lowest BCUT2D eigenvalue weighted by atomic mass is 10.0. The van der Waals surface area contributed by atoms with E-state index in [1.807, 2.05) is 32.0 Å². The molecule has 1 unspecified atom stereocenters. The highest BCUT2D eigenvalue weighted by Crippen LogP contribution is 2.33. The largest absolute Gasteiger partial charge is 0.394 e. The van der Waals surface area contributed by atoms with Gasteiger partial charge in [0.25, 0.3) is 0 Å². The molecule has 176 valence electrons. The molecule has 8 heteroatoms. The highest BCUT2D eigenvalue weighted by atomic mass is 35.5. The molecular weight excluding hydrogens is 455 g/mol. The van der Waals surface area contributed by atoms with Crippen molar-refractivity contribution in [3.63, 3.8) is 0 Å². The SMILES string of the molecule is CC(C)c1ncc(-c2ccc3ncc(Cl)c(NCc4cc(CC(O)CO)ccc4F)c3c2)cn1. The van der Waals surface area contributed by atoms with E-state index in [2.05, 4.69) is 20.3 Å². The van der Waals surface area contributed by atoms with Gasteiger partial charge in [-0.25, -0.2) is 14.4 Å². The van der Waals surface area contributed by atoms with Crippen LogP contribution in [0.2, 0.25) is 5.02 Å². The number of pyridine rings is 1. The molecule has 0 saturated heterocycles. The van der Waals surface area contributed by atoms with Gasteiger partial charge in [-0.15, -0.1) is 0 Å². The highest BCUT2D eigenvalue weighted by molar-refractivity contribution is 6.34. The summed E-state index contributed by atoms with van der Waals surface area (Å²) in [6.45, 7) is 3.93. The van der Waals surface area contributed by atoms with Crippen LogP contribution in [0.25, 0.3) is 22.0 Å². The summed E-state index contributed by atoms with van der Waals surface area (Å²) in [7, 11) is 0. The average Bonchev–Trinajstić information content (AvgIpc) is 2.84. The molecule has 0 spiro atoms. The van der Waals surface area contributed by atoms with E-state index >= 15 is 0 Å². The van der Waals surface area contributed by atoms with E-state index in [1.54, 1.807) is 30.7 Å². The van der Waals surface area contributed by atoms with Crippen molar-refractivity contribution in [2.45, 2.75) is 38.8 Å². The third kappa shape index (κ3) is 5.33. The van der Waals surface area contributed by atoms with Crippen LogP contribution in [0.4, 0.5) is 10.1 Å². The molecular formula is C26H26ClFN4O2. The first-order valence-electron chi connectivity index (χ1n) is 11.1. The topological polar surface area (TPSA) is 91.2 Å². The van der Waals surface area contributed by atoms with Gasteiger partial charge in [-0.2, -0.15) is 0 Å². The van der Waals surface area contributed by atoms with Gasteiger partial charge >= 0.3 is 0 Å². The van der Waals surface area contributed by atoms with Crippen molar-refractivity contribution < 1.29 is 14.6 Å². The summed E-state index contributed by atoms with van der Waals surface area (Å²) in [4.78, 5) is 13.3. The molecule has 2 heterocycles. The molecule has 34 heavy (non-hydrogen) atoms. The number of hydrogen-bond donors (Lipinski definition) is 3. The maximum Gasteiger partial charge on any atom is 0.130 e. The first kappa shape index (κ1) is 24.0. The van der Waals surface area contributed by atoms with Gasteiger partial charge in [0.05, 0.1) is 28.9 Å². The number of nitrogens with one attached hydrogen (secondary N) is 1. The van der Waals surface area contributed by atoms with Crippen molar-refractivity contribution in [3.05, 3.63) is 82.8 Å². The number of aliphatic hydroxyl groups excluding tert-OH is 2. The second kappa shape index (κ2) is 10.4. The van der Waals surface area contributed by atoms with Gasteiger partial charge in [0.2, 0.25) is 0 Å². The predicted molar refractivity (Wildman–Crippen MR) is 132 cm³/mol. The minimum absolute atomic E-state index is 0.185.